The molecule has 0 radical (unpaired) electrons. The summed E-state index contributed by atoms with van der Waals surface area (Å²) in [4.78, 5) is 17.1. The first-order valence-corrected chi connectivity index (χ1v) is 9.00. The maximum atomic E-state index is 12.7. The maximum absolute atomic E-state index is 12.7. The molecule has 0 aliphatic heterocycles. The Morgan fingerprint density at radius 1 is 1.38 bits per heavy atom. The SMILES string of the molecule is CCn1cc(C(=O)N[C@@H]2CCCc3c2cnn3-c2ccccn2)c(C)n1. The molecule has 7 nitrogen and oxygen atoms in total. The van der Waals surface area contributed by atoms with Crippen molar-refractivity contribution in [2.75, 3.05) is 0 Å². The molecule has 3 aromatic heterocycles. The fraction of sp³-hybridized carbons (Fsp3) is 0.368. The van der Waals surface area contributed by atoms with Gasteiger partial charge in [0.25, 0.3) is 5.91 Å². The molecule has 0 saturated heterocycles. The van der Waals surface area contributed by atoms with E-state index in [0.717, 1.165) is 48.6 Å². The molecule has 1 amide bonds. The van der Waals surface area contributed by atoms with E-state index in [1.807, 2.05) is 49.1 Å². The number of carbonyl (C=O) groups excluding carboxylic acids is 1. The fourth-order valence-corrected chi connectivity index (χ4v) is 3.52. The van der Waals surface area contributed by atoms with Crippen molar-refractivity contribution in [1.82, 2.24) is 29.9 Å². The molecule has 1 N–H and O–H groups in total. The molecule has 0 spiro atoms. The van der Waals surface area contributed by atoms with E-state index >= 15 is 0 Å². The van der Waals surface area contributed by atoms with Crippen molar-refractivity contribution in [3.8, 4) is 5.82 Å². The molecule has 134 valence electrons. The number of hydrogen-bond donors (Lipinski definition) is 1. The predicted molar refractivity (Wildman–Crippen MR) is 97.1 cm³/mol. The van der Waals surface area contributed by atoms with Crippen molar-refractivity contribution in [3.05, 3.63) is 59.3 Å². The summed E-state index contributed by atoms with van der Waals surface area (Å²) in [6.07, 6.45) is 8.28. The molecule has 3 heterocycles. The standard InChI is InChI=1S/C19H22N6O/c1-3-24-12-15(13(2)23-24)19(26)22-16-7-6-8-17-14(16)11-21-25(17)18-9-4-5-10-20-18/h4-5,9-12,16H,3,6-8H2,1-2H3,(H,22,26)/t16-/m1/s1. The molecule has 1 aliphatic carbocycles. The van der Waals surface area contributed by atoms with Crippen molar-refractivity contribution >= 4 is 5.91 Å². The second kappa shape index (κ2) is 6.74. The van der Waals surface area contributed by atoms with E-state index in [2.05, 4.69) is 20.5 Å². The van der Waals surface area contributed by atoms with Crippen LogP contribution in [0.1, 0.15) is 53.1 Å². The summed E-state index contributed by atoms with van der Waals surface area (Å²) in [5.74, 6) is 0.728. The van der Waals surface area contributed by atoms with Gasteiger partial charge in [-0.05, 0) is 45.2 Å². The van der Waals surface area contributed by atoms with Gasteiger partial charge < -0.3 is 5.32 Å². The van der Waals surface area contributed by atoms with Gasteiger partial charge in [-0.1, -0.05) is 6.07 Å². The average molecular weight is 350 g/mol. The Bertz CT molecular complexity index is 927. The van der Waals surface area contributed by atoms with Crippen LogP contribution in [0.4, 0.5) is 0 Å². The summed E-state index contributed by atoms with van der Waals surface area (Å²) in [5.41, 5.74) is 3.60. The van der Waals surface area contributed by atoms with Crippen LogP contribution in [0.5, 0.6) is 0 Å². The third-order valence-corrected chi connectivity index (χ3v) is 4.87. The van der Waals surface area contributed by atoms with Gasteiger partial charge in [-0.2, -0.15) is 10.2 Å². The minimum Gasteiger partial charge on any atom is -0.345 e. The van der Waals surface area contributed by atoms with Gasteiger partial charge in [-0.25, -0.2) is 9.67 Å². The predicted octanol–water partition coefficient (Wildman–Crippen LogP) is 2.60. The number of aryl methyl sites for hydroxylation is 2. The minimum atomic E-state index is -0.0781. The van der Waals surface area contributed by atoms with Crippen LogP contribution in [-0.2, 0) is 13.0 Å². The summed E-state index contributed by atoms with van der Waals surface area (Å²) in [6.45, 7) is 4.62. The average Bonchev–Trinajstić information content (AvgIpc) is 3.26. The Hall–Kier alpha value is -2.96. The highest BCUT2D eigenvalue weighted by Crippen LogP contribution is 2.31. The van der Waals surface area contributed by atoms with Crippen molar-refractivity contribution in [1.29, 1.82) is 0 Å². The number of fused-ring (bicyclic) bond motifs is 1. The molecular weight excluding hydrogens is 328 g/mol. The fourth-order valence-electron chi connectivity index (χ4n) is 3.52. The van der Waals surface area contributed by atoms with Gasteiger partial charge in [0, 0.05) is 24.5 Å². The van der Waals surface area contributed by atoms with Gasteiger partial charge >= 0.3 is 0 Å². The number of pyridine rings is 1. The second-order valence-corrected chi connectivity index (χ2v) is 6.55. The van der Waals surface area contributed by atoms with Crippen LogP contribution in [-0.4, -0.2) is 30.5 Å². The lowest BCUT2D eigenvalue weighted by molar-refractivity contribution is 0.0932. The van der Waals surface area contributed by atoms with E-state index in [9.17, 15) is 4.79 Å². The van der Waals surface area contributed by atoms with E-state index in [1.165, 1.54) is 0 Å². The third kappa shape index (κ3) is 2.89. The molecular formula is C19H22N6O. The van der Waals surface area contributed by atoms with E-state index in [4.69, 9.17) is 0 Å². The van der Waals surface area contributed by atoms with Gasteiger partial charge in [0.05, 0.1) is 29.2 Å². The Balaban J connectivity index is 1.60. The Kier molecular flexibility index (Phi) is 4.28. The van der Waals surface area contributed by atoms with Gasteiger partial charge in [0.15, 0.2) is 5.82 Å². The lowest BCUT2D eigenvalue weighted by Crippen LogP contribution is -2.31. The summed E-state index contributed by atoms with van der Waals surface area (Å²) in [7, 11) is 0. The number of nitrogens with one attached hydrogen (secondary N) is 1. The van der Waals surface area contributed by atoms with Crippen LogP contribution < -0.4 is 5.32 Å². The van der Waals surface area contributed by atoms with Gasteiger partial charge in [0.2, 0.25) is 0 Å². The first kappa shape index (κ1) is 16.5. The summed E-state index contributed by atoms with van der Waals surface area (Å²) in [5, 5.41) is 12.1. The smallest absolute Gasteiger partial charge is 0.255 e. The van der Waals surface area contributed by atoms with Crippen molar-refractivity contribution < 1.29 is 4.79 Å². The topological polar surface area (TPSA) is 77.6 Å². The lowest BCUT2D eigenvalue weighted by Gasteiger charge is -2.24. The number of rotatable bonds is 4. The van der Waals surface area contributed by atoms with Crippen LogP contribution in [0, 0.1) is 6.92 Å². The van der Waals surface area contributed by atoms with E-state index in [-0.39, 0.29) is 11.9 Å². The number of carbonyl (C=O) groups is 1. The number of hydrogen-bond acceptors (Lipinski definition) is 4. The molecule has 1 aliphatic rings. The summed E-state index contributed by atoms with van der Waals surface area (Å²) >= 11 is 0. The Morgan fingerprint density at radius 2 is 2.27 bits per heavy atom. The zero-order valence-corrected chi connectivity index (χ0v) is 15.0. The van der Waals surface area contributed by atoms with Crippen molar-refractivity contribution in [2.24, 2.45) is 0 Å². The molecule has 26 heavy (non-hydrogen) atoms. The largest absolute Gasteiger partial charge is 0.345 e. The quantitative estimate of drug-likeness (QED) is 0.784. The minimum absolute atomic E-state index is 0.0342. The zero-order chi connectivity index (χ0) is 18.1. The molecule has 0 aromatic carbocycles. The Morgan fingerprint density at radius 3 is 3.00 bits per heavy atom. The van der Waals surface area contributed by atoms with E-state index in [0.29, 0.717) is 5.56 Å². The van der Waals surface area contributed by atoms with Gasteiger partial charge in [-0.3, -0.25) is 9.48 Å². The Labute approximate surface area is 152 Å². The van der Waals surface area contributed by atoms with E-state index in [1.54, 1.807) is 10.9 Å². The highest BCUT2D eigenvalue weighted by atomic mass is 16.1. The normalized spacial score (nSPS) is 16.3. The van der Waals surface area contributed by atoms with E-state index < -0.39 is 0 Å². The van der Waals surface area contributed by atoms with Gasteiger partial charge in [-0.15, -0.1) is 0 Å². The molecule has 1 atom stereocenters. The molecule has 0 fully saturated rings. The van der Waals surface area contributed by atoms with Crippen LogP contribution in [0.25, 0.3) is 5.82 Å². The van der Waals surface area contributed by atoms with Crippen LogP contribution >= 0.6 is 0 Å². The number of amides is 1. The monoisotopic (exact) mass is 350 g/mol. The highest BCUT2D eigenvalue weighted by Gasteiger charge is 2.27. The number of aromatic nitrogens is 5. The second-order valence-electron chi connectivity index (χ2n) is 6.55. The van der Waals surface area contributed by atoms with Crippen LogP contribution in [0.2, 0.25) is 0 Å². The summed E-state index contributed by atoms with van der Waals surface area (Å²) in [6, 6.07) is 5.75. The lowest BCUT2D eigenvalue weighted by atomic mass is 9.92. The highest BCUT2D eigenvalue weighted by molar-refractivity contribution is 5.95. The number of nitrogens with zero attached hydrogens (tertiary/aromatic N) is 5. The van der Waals surface area contributed by atoms with Crippen LogP contribution in [0.15, 0.2) is 36.8 Å². The van der Waals surface area contributed by atoms with Crippen molar-refractivity contribution in [2.45, 2.75) is 45.7 Å². The molecule has 0 saturated carbocycles. The molecule has 3 aromatic rings. The molecule has 0 unspecified atom stereocenters. The van der Waals surface area contributed by atoms with Crippen molar-refractivity contribution in [3.63, 3.8) is 0 Å². The zero-order valence-electron chi connectivity index (χ0n) is 15.0. The molecule has 4 rings (SSSR count). The summed E-state index contributed by atoms with van der Waals surface area (Å²) < 4.78 is 3.67. The van der Waals surface area contributed by atoms with Gasteiger partial charge in [0.1, 0.15) is 0 Å². The first-order valence-electron chi connectivity index (χ1n) is 9.00. The first-order chi connectivity index (χ1) is 12.7. The molecule has 0 bridgehead atoms. The van der Waals surface area contributed by atoms with Crippen LogP contribution in [0.3, 0.4) is 0 Å². The maximum Gasteiger partial charge on any atom is 0.255 e. The third-order valence-electron chi connectivity index (χ3n) is 4.87. The molecule has 7 heteroatoms.